The Labute approximate surface area is 157 Å². The number of rotatable bonds is 5. The van der Waals surface area contributed by atoms with Crippen LogP contribution >= 0.6 is 39.0 Å². The van der Waals surface area contributed by atoms with Crippen molar-refractivity contribution in [3.8, 4) is 0 Å². The van der Waals surface area contributed by atoms with Gasteiger partial charge in [-0.1, -0.05) is 15.9 Å². The third-order valence-electron chi connectivity index (χ3n) is 3.42. The molecule has 0 fully saturated rings. The van der Waals surface area contributed by atoms with Gasteiger partial charge in [-0.05, 0) is 55.0 Å². The molecule has 2 aromatic carbocycles. The summed E-state index contributed by atoms with van der Waals surface area (Å²) in [6, 6.07) is 13.4. The van der Waals surface area contributed by atoms with Gasteiger partial charge in [0, 0.05) is 31.8 Å². The number of carbonyl (C=O) groups is 1. The lowest BCUT2D eigenvalue weighted by Crippen LogP contribution is -2.12. The molecule has 0 aliphatic rings. The molecule has 0 spiro atoms. The Bertz CT molecular complexity index is 833. The van der Waals surface area contributed by atoms with Gasteiger partial charge in [-0.25, -0.2) is 4.98 Å². The minimum absolute atomic E-state index is 0.100. The van der Waals surface area contributed by atoms with Crippen molar-refractivity contribution >= 4 is 50.6 Å². The molecule has 0 unspecified atom stereocenters. The quantitative estimate of drug-likeness (QED) is 0.535. The van der Waals surface area contributed by atoms with Gasteiger partial charge in [-0.3, -0.25) is 4.79 Å². The lowest BCUT2D eigenvalue weighted by atomic mass is 10.1. The van der Waals surface area contributed by atoms with Crippen LogP contribution in [0.25, 0.3) is 0 Å². The van der Waals surface area contributed by atoms with E-state index in [1.807, 2.05) is 54.9 Å². The van der Waals surface area contributed by atoms with Crippen molar-refractivity contribution < 1.29 is 4.79 Å². The number of aromatic nitrogens is 1. The highest BCUT2D eigenvalue weighted by Gasteiger charge is 2.08. The van der Waals surface area contributed by atoms with Crippen molar-refractivity contribution in [3.05, 3.63) is 74.6 Å². The smallest absolute Gasteiger partial charge is 0.255 e. The Kier molecular flexibility index (Phi) is 5.71. The SMILES string of the molecule is Cc1cc(Br)ccc1NC(=O)c1ccc(SCc2cscn2)cc1. The maximum Gasteiger partial charge on any atom is 0.255 e. The molecule has 1 heterocycles. The number of thioether (sulfide) groups is 1. The molecular weight excluding hydrogens is 404 g/mol. The summed E-state index contributed by atoms with van der Waals surface area (Å²) in [5, 5.41) is 5.00. The van der Waals surface area contributed by atoms with E-state index in [2.05, 4.69) is 31.6 Å². The number of thiazole rings is 1. The van der Waals surface area contributed by atoms with E-state index in [4.69, 9.17) is 0 Å². The summed E-state index contributed by atoms with van der Waals surface area (Å²) in [7, 11) is 0. The van der Waals surface area contributed by atoms with Gasteiger partial charge in [0.05, 0.1) is 11.2 Å². The number of aryl methyl sites for hydroxylation is 1. The standard InChI is InChI=1S/C18H15BrN2OS2/c1-12-8-14(19)4-7-17(12)21-18(22)13-2-5-16(6-3-13)24-10-15-9-23-11-20-15/h2-9,11H,10H2,1H3,(H,21,22). The first-order valence-corrected chi connectivity index (χ1v) is 10.0. The van der Waals surface area contributed by atoms with E-state index in [0.29, 0.717) is 5.56 Å². The zero-order chi connectivity index (χ0) is 16.9. The molecule has 0 atom stereocenters. The summed E-state index contributed by atoms with van der Waals surface area (Å²) in [4.78, 5) is 17.8. The third-order valence-corrected chi connectivity index (χ3v) is 5.60. The molecule has 0 saturated carbocycles. The molecule has 3 rings (SSSR count). The number of hydrogen-bond acceptors (Lipinski definition) is 4. The molecule has 0 aliphatic carbocycles. The van der Waals surface area contributed by atoms with E-state index >= 15 is 0 Å². The van der Waals surface area contributed by atoms with Gasteiger partial charge in [0.2, 0.25) is 0 Å². The number of amides is 1. The van der Waals surface area contributed by atoms with Crippen molar-refractivity contribution in [2.75, 3.05) is 5.32 Å². The zero-order valence-electron chi connectivity index (χ0n) is 13.0. The topological polar surface area (TPSA) is 42.0 Å². The van der Waals surface area contributed by atoms with Crippen LogP contribution in [0.5, 0.6) is 0 Å². The molecule has 6 heteroatoms. The van der Waals surface area contributed by atoms with Crippen LogP contribution in [0.1, 0.15) is 21.6 Å². The number of nitrogens with one attached hydrogen (secondary N) is 1. The zero-order valence-corrected chi connectivity index (χ0v) is 16.2. The lowest BCUT2D eigenvalue weighted by Gasteiger charge is -2.09. The highest BCUT2D eigenvalue weighted by Crippen LogP contribution is 2.24. The summed E-state index contributed by atoms with van der Waals surface area (Å²) < 4.78 is 1.000. The first-order chi connectivity index (χ1) is 11.6. The van der Waals surface area contributed by atoms with E-state index in [9.17, 15) is 4.79 Å². The van der Waals surface area contributed by atoms with Gasteiger partial charge in [0.1, 0.15) is 0 Å². The highest BCUT2D eigenvalue weighted by atomic mass is 79.9. The summed E-state index contributed by atoms with van der Waals surface area (Å²) in [5.41, 5.74) is 5.42. The average molecular weight is 419 g/mol. The number of halogens is 1. The fourth-order valence-electron chi connectivity index (χ4n) is 2.13. The largest absolute Gasteiger partial charge is 0.322 e. The minimum Gasteiger partial charge on any atom is -0.322 e. The first-order valence-electron chi connectivity index (χ1n) is 7.29. The summed E-state index contributed by atoms with van der Waals surface area (Å²) >= 11 is 6.74. The van der Waals surface area contributed by atoms with Gasteiger partial charge in [-0.2, -0.15) is 0 Å². The normalized spacial score (nSPS) is 10.6. The van der Waals surface area contributed by atoms with E-state index in [1.54, 1.807) is 23.1 Å². The monoisotopic (exact) mass is 418 g/mol. The van der Waals surface area contributed by atoms with Crippen LogP contribution in [0.4, 0.5) is 5.69 Å². The fraction of sp³-hybridized carbons (Fsp3) is 0.111. The first kappa shape index (κ1) is 17.2. The summed E-state index contributed by atoms with van der Waals surface area (Å²) in [5.74, 6) is 0.740. The molecule has 3 aromatic rings. The van der Waals surface area contributed by atoms with Crippen LogP contribution in [-0.2, 0) is 5.75 Å². The van der Waals surface area contributed by atoms with Gasteiger partial charge < -0.3 is 5.32 Å². The van der Waals surface area contributed by atoms with Crippen LogP contribution in [0, 0.1) is 6.92 Å². The molecule has 0 bridgehead atoms. The Hall–Kier alpha value is -1.63. The Morgan fingerprint density at radius 1 is 1.25 bits per heavy atom. The Morgan fingerprint density at radius 2 is 2.04 bits per heavy atom. The molecule has 1 aromatic heterocycles. The molecule has 0 saturated heterocycles. The minimum atomic E-state index is -0.100. The van der Waals surface area contributed by atoms with Crippen LogP contribution in [0.15, 0.2) is 62.7 Å². The Morgan fingerprint density at radius 3 is 2.71 bits per heavy atom. The van der Waals surface area contributed by atoms with E-state index in [-0.39, 0.29) is 5.91 Å². The summed E-state index contributed by atoms with van der Waals surface area (Å²) in [6.45, 7) is 1.97. The summed E-state index contributed by atoms with van der Waals surface area (Å²) in [6.07, 6.45) is 0. The number of nitrogens with zero attached hydrogens (tertiary/aromatic N) is 1. The molecule has 0 aliphatic heterocycles. The molecule has 0 radical (unpaired) electrons. The van der Waals surface area contributed by atoms with Gasteiger partial charge in [0.15, 0.2) is 0 Å². The molecule has 1 N–H and O–H groups in total. The second-order valence-corrected chi connectivity index (χ2v) is 7.89. The number of anilines is 1. The third kappa shape index (κ3) is 4.47. The van der Waals surface area contributed by atoms with Crippen molar-refractivity contribution in [1.82, 2.24) is 4.98 Å². The Balaban J connectivity index is 1.63. The van der Waals surface area contributed by atoms with E-state index in [0.717, 1.165) is 32.1 Å². The fourth-order valence-corrected chi connectivity index (χ4v) is 4.07. The second-order valence-electron chi connectivity index (χ2n) is 5.21. The van der Waals surface area contributed by atoms with Crippen LogP contribution < -0.4 is 5.32 Å². The number of benzene rings is 2. The van der Waals surface area contributed by atoms with Crippen molar-refractivity contribution in [1.29, 1.82) is 0 Å². The van der Waals surface area contributed by atoms with E-state index < -0.39 is 0 Å². The van der Waals surface area contributed by atoms with Crippen molar-refractivity contribution in [2.45, 2.75) is 17.6 Å². The van der Waals surface area contributed by atoms with Gasteiger partial charge in [0.25, 0.3) is 5.91 Å². The van der Waals surface area contributed by atoms with E-state index in [1.165, 1.54) is 0 Å². The number of carbonyl (C=O) groups excluding carboxylic acids is 1. The maximum atomic E-state index is 12.4. The van der Waals surface area contributed by atoms with Crippen LogP contribution in [0.3, 0.4) is 0 Å². The van der Waals surface area contributed by atoms with Crippen LogP contribution in [-0.4, -0.2) is 10.9 Å². The van der Waals surface area contributed by atoms with Crippen molar-refractivity contribution in [2.24, 2.45) is 0 Å². The van der Waals surface area contributed by atoms with Crippen LogP contribution in [0.2, 0.25) is 0 Å². The lowest BCUT2D eigenvalue weighted by molar-refractivity contribution is 0.102. The molecule has 122 valence electrons. The molecule has 3 nitrogen and oxygen atoms in total. The van der Waals surface area contributed by atoms with Gasteiger partial charge in [-0.15, -0.1) is 23.1 Å². The predicted molar refractivity (Wildman–Crippen MR) is 105 cm³/mol. The maximum absolute atomic E-state index is 12.4. The second kappa shape index (κ2) is 7.96. The van der Waals surface area contributed by atoms with Gasteiger partial charge >= 0.3 is 0 Å². The average Bonchev–Trinajstić information content (AvgIpc) is 3.09. The molecule has 24 heavy (non-hydrogen) atoms. The highest BCUT2D eigenvalue weighted by molar-refractivity contribution is 9.10. The van der Waals surface area contributed by atoms with Crippen molar-refractivity contribution in [3.63, 3.8) is 0 Å². The predicted octanol–water partition coefficient (Wildman–Crippen LogP) is 5.76. The number of hydrogen-bond donors (Lipinski definition) is 1. The molecular formula is C18H15BrN2OS2. The molecule has 1 amide bonds.